The highest BCUT2D eigenvalue weighted by atomic mass is 32.1. The lowest BCUT2D eigenvalue weighted by Crippen LogP contribution is -2.15. The van der Waals surface area contributed by atoms with Crippen molar-refractivity contribution >= 4 is 22.4 Å². The van der Waals surface area contributed by atoms with E-state index in [1.807, 2.05) is 23.6 Å². The number of fused-ring (bicyclic) bond motifs is 1. The van der Waals surface area contributed by atoms with E-state index in [0.29, 0.717) is 24.3 Å². The molecule has 4 rings (SSSR count). The Kier molecular flexibility index (Phi) is 3.26. The molecule has 0 bridgehead atoms. The van der Waals surface area contributed by atoms with Gasteiger partial charge < -0.3 is 14.8 Å². The summed E-state index contributed by atoms with van der Waals surface area (Å²) >= 11 is 1.44. The van der Waals surface area contributed by atoms with Crippen LogP contribution in [0.25, 0.3) is 11.3 Å². The second-order valence-electron chi connectivity index (χ2n) is 5.71. The van der Waals surface area contributed by atoms with Gasteiger partial charge in [0, 0.05) is 16.9 Å². The molecule has 1 amide bonds. The number of benzene rings is 1. The summed E-state index contributed by atoms with van der Waals surface area (Å²) in [6, 6.07) is 5.78. The summed E-state index contributed by atoms with van der Waals surface area (Å²) in [5.41, 5.74) is 1.79. The van der Waals surface area contributed by atoms with E-state index in [2.05, 4.69) is 17.2 Å². The second kappa shape index (κ2) is 5.28. The van der Waals surface area contributed by atoms with Crippen molar-refractivity contribution in [2.75, 3.05) is 18.5 Å². The van der Waals surface area contributed by atoms with E-state index in [9.17, 15) is 4.79 Å². The lowest BCUT2D eigenvalue weighted by molar-refractivity contribution is -0.117. The zero-order valence-corrected chi connectivity index (χ0v) is 13.0. The fourth-order valence-electron chi connectivity index (χ4n) is 2.55. The van der Waals surface area contributed by atoms with Gasteiger partial charge in [0.05, 0.1) is 5.69 Å². The van der Waals surface area contributed by atoms with Crippen LogP contribution in [-0.2, 0) is 4.79 Å². The third-order valence-corrected chi connectivity index (χ3v) is 4.78. The maximum Gasteiger partial charge on any atom is 0.229 e. The van der Waals surface area contributed by atoms with Crippen molar-refractivity contribution in [3.05, 3.63) is 23.6 Å². The monoisotopic (exact) mass is 316 g/mol. The minimum atomic E-state index is 0.0792. The largest absolute Gasteiger partial charge is 0.486 e. The molecule has 1 aliphatic carbocycles. The average molecular weight is 316 g/mol. The summed E-state index contributed by atoms with van der Waals surface area (Å²) in [6.07, 6.45) is 0.978. The number of carbonyl (C=O) groups excluding carboxylic acids is 1. The van der Waals surface area contributed by atoms with Crippen molar-refractivity contribution in [3.63, 3.8) is 0 Å². The van der Waals surface area contributed by atoms with Gasteiger partial charge in [-0.2, -0.15) is 0 Å². The van der Waals surface area contributed by atoms with Crippen LogP contribution in [0, 0.1) is 11.8 Å². The van der Waals surface area contributed by atoms with Gasteiger partial charge in [-0.25, -0.2) is 4.98 Å². The summed E-state index contributed by atoms with van der Waals surface area (Å²) in [4.78, 5) is 16.4. The van der Waals surface area contributed by atoms with E-state index >= 15 is 0 Å². The SMILES string of the molecule is C[C@@H]1C[C@H]1C(=O)Nc1nc(-c2ccc3c(c2)OCCO3)cs1. The van der Waals surface area contributed by atoms with Crippen molar-refractivity contribution in [1.29, 1.82) is 0 Å². The highest BCUT2D eigenvalue weighted by Gasteiger charge is 2.39. The van der Waals surface area contributed by atoms with E-state index in [-0.39, 0.29) is 11.8 Å². The number of ether oxygens (including phenoxy) is 2. The molecule has 1 saturated carbocycles. The van der Waals surface area contributed by atoms with Gasteiger partial charge in [0.15, 0.2) is 16.6 Å². The fourth-order valence-corrected chi connectivity index (χ4v) is 3.27. The van der Waals surface area contributed by atoms with Crippen LogP contribution in [0.15, 0.2) is 23.6 Å². The molecule has 2 heterocycles. The van der Waals surface area contributed by atoms with Gasteiger partial charge in [0.1, 0.15) is 13.2 Å². The molecule has 2 atom stereocenters. The minimum Gasteiger partial charge on any atom is -0.486 e. The third kappa shape index (κ3) is 2.54. The number of hydrogen-bond acceptors (Lipinski definition) is 5. The molecule has 0 radical (unpaired) electrons. The summed E-state index contributed by atoms with van der Waals surface area (Å²) in [6.45, 7) is 3.24. The Morgan fingerprint density at radius 3 is 2.86 bits per heavy atom. The first kappa shape index (κ1) is 13.6. The first-order valence-corrected chi connectivity index (χ1v) is 8.25. The fraction of sp³-hybridized carbons (Fsp3) is 0.375. The number of amides is 1. The van der Waals surface area contributed by atoms with Crippen molar-refractivity contribution in [2.24, 2.45) is 11.8 Å². The number of thiazole rings is 1. The molecular weight excluding hydrogens is 300 g/mol. The molecule has 5 nitrogen and oxygen atoms in total. The van der Waals surface area contributed by atoms with Crippen LogP contribution in [0.3, 0.4) is 0 Å². The predicted molar refractivity (Wildman–Crippen MR) is 84.4 cm³/mol. The lowest BCUT2D eigenvalue weighted by Gasteiger charge is -2.18. The Bertz CT molecular complexity index is 728. The topological polar surface area (TPSA) is 60.5 Å². The number of nitrogens with one attached hydrogen (secondary N) is 1. The van der Waals surface area contributed by atoms with Gasteiger partial charge in [-0.1, -0.05) is 6.92 Å². The number of rotatable bonds is 3. The molecule has 1 N–H and O–H groups in total. The highest BCUT2D eigenvalue weighted by Crippen LogP contribution is 2.39. The van der Waals surface area contributed by atoms with Crippen LogP contribution < -0.4 is 14.8 Å². The molecule has 0 unspecified atom stereocenters. The Morgan fingerprint density at radius 1 is 1.32 bits per heavy atom. The summed E-state index contributed by atoms with van der Waals surface area (Å²) in [5.74, 6) is 2.24. The zero-order chi connectivity index (χ0) is 15.1. The molecule has 6 heteroatoms. The number of nitrogens with zero attached hydrogens (tertiary/aromatic N) is 1. The molecule has 1 aromatic heterocycles. The summed E-state index contributed by atoms with van der Waals surface area (Å²) in [7, 11) is 0. The van der Waals surface area contributed by atoms with E-state index in [4.69, 9.17) is 9.47 Å². The van der Waals surface area contributed by atoms with E-state index in [0.717, 1.165) is 29.2 Å². The quantitative estimate of drug-likeness (QED) is 0.945. The van der Waals surface area contributed by atoms with Gasteiger partial charge >= 0.3 is 0 Å². The molecule has 1 aromatic carbocycles. The minimum absolute atomic E-state index is 0.0792. The molecule has 22 heavy (non-hydrogen) atoms. The number of anilines is 1. The number of hydrogen-bond donors (Lipinski definition) is 1. The lowest BCUT2D eigenvalue weighted by atomic mass is 10.1. The van der Waals surface area contributed by atoms with Gasteiger partial charge in [0.2, 0.25) is 5.91 Å². The first-order chi connectivity index (χ1) is 10.7. The van der Waals surface area contributed by atoms with Crippen LogP contribution in [-0.4, -0.2) is 24.1 Å². The third-order valence-electron chi connectivity index (χ3n) is 4.02. The van der Waals surface area contributed by atoms with Crippen molar-refractivity contribution in [1.82, 2.24) is 4.98 Å². The smallest absolute Gasteiger partial charge is 0.229 e. The summed E-state index contributed by atoms with van der Waals surface area (Å²) in [5, 5.41) is 5.49. The van der Waals surface area contributed by atoms with Gasteiger partial charge in [0.25, 0.3) is 0 Å². The molecule has 0 saturated heterocycles. The summed E-state index contributed by atoms with van der Waals surface area (Å²) < 4.78 is 11.1. The van der Waals surface area contributed by atoms with Crippen LogP contribution in [0.5, 0.6) is 11.5 Å². The molecule has 2 aromatic rings. The van der Waals surface area contributed by atoms with Gasteiger partial charge in [-0.15, -0.1) is 11.3 Å². The number of carbonyl (C=O) groups is 1. The molecule has 1 fully saturated rings. The Labute approximate surface area is 132 Å². The molecule has 114 valence electrons. The highest BCUT2D eigenvalue weighted by molar-refractivity contribution is 7.14. The van der Waals surface area contributed by atoms with Crippen molar-refractivity contribution < 1.29 is 14.3 Å². The molecule has 1 aliphatic heterocycles. The van der Waals surface area contributed by atoms with Crippen LogP contribution in [0.2, 0.25) is 0 Å². The van der Waals surface area contributed by atoms with Crippen molar-refractivity contribution in [3.8, 4) is 22.8 Å². The number of aromatic nitrogens is 1. The normalized spacial score (nSPS) is 22.2. The predicted octanol–water partition coefficient (Wildman–Crippen LogP) is 3.18. The van der Waals surface area contributed by atoms with E-state index in [1.165, 1.54) is 11.3 Å². The molecule has 2 aliphatic rings. The Morgan fingerprint density at radius 2 is 2.09 bits per heavy atom. The Hall–Kier alpha value is -2.08. The average Bonchev–Trinajstić information content (AvgIpc) is 3.09. The van der Waals surface area contributed by atoms with Crippen LogP contribution in [0.1, 0.15) is 13.3 Å². The zero-order valence-electron chi connectivity index (χ0n) is 12.2. The van der Waals surface area contributed by atoms with Crippen LogP contribution in [0.4, 0.5) is 5.13 Å². The van der Waals surface area contributed by atoms with E-state index in [1.54, 1.807) is 0 Å². The Balaban J connectivity index is 1.52. The van der Waals surface area contributed by atoms with Crippen LogP contribution >= 0.6 is 11.3 Å². The molecule has 0 spiro atoms. The van der Waals surface area contributed by atoms with Gasteiger partial charge in [-0.05, 0) is 30.5 Å². The van der Waals surface area contributed by atoms with Crippen molar-refractivity contribution in [2.45, 2.75) is 13.3 Å². The first-order valence-electron chi connectivity index (χ1n) is 7.37. The molecular formula is C16H16N2O3S. The maximum atomic E-state index is 11.9. The standard InChI is InChI=1S/C16H16N2O3S/c1-9-6-11(9)15(19)18-16-17-12(8-22-16)10-2-3-13-14(7-10)21-5-4-20-13/h2-3,7-9,11H,4-6H2,1H3,(H,17,18,19)/t9-,11-/m1/s1. The van der Waals surface area contributed by atoms with E-state index < -0.39 is 0 Å². The second-order valence-corrected chi connectivity index (χ2v) is 6.56. The van der Waals surface area contributed by atoms with Gasteiger partial charge in [-0.3, -0.25) is 4.79 Å². The maximum absolute atomic E-state index is 11.9.